The van der Waals surface area contributed by atoms with Crippen LogP contribution in [-0.4, -0.2) is 41.0 Å². The number of fused-ring (bicyclic) bond motifs is 1. The van der Waals surface area contributed by atoms with E-state index in [1.54, 1.807) is 6.33 Å². The standard InChI is InChI=1S/C23H28N4S/c1-4-19-10-20-21(24-15-25-22(20)28-19)27-8-7-23(14-27)12-26(13-23)11-18-6-5-16(2)9-17(18)3/h5-6,9-10,15H,4,7-8,11-14H2,1-3H3. The highest BCUT2D eigenvalue weighted by Crippen LogP contribution is 2.43. The third kappa shape index (κ3) is 3.11. The average Bonchev–Trinajstić information content (AvgIpc) is 3.27. The topological polar surface area (TPSA) is 32.3 Å². The van der Waals surface area contributed by atoms with E-state index >= 15 is 0 Å². The maximum Gasteiger partial charge on any atom is 0.140 e. The molecule has 2 aliphatic rings. The van der Waals surface area contributed by atoms with Crippen molar-refractivity contribution in [2.75, 3.05) is 31.1 Å². The van der Waals surface area contributed by atoms with Gasteiger partial charge < -0.3 is 4.90 Å². The monoisotopic (exact) mass is 392 g/mol. The van der Waals surface area contributed by atoms with Gasteiger partial charge in [-0.25, -0.2) is 9.97 Å². The van der Waals surface area contributed by atoms with Crippen LogP contribution in [0.3, 0.4) is 0 Å². The molecule has 146 valence electrons. The van der Waals surface area contributed by atoms with Crippen LogP contribution in [-0.2, 0) is 13.0 Å². The number of nitrogens with zero attached hydrogens (tertiary/aromatic N) is 4. The van der Waals surface area contributed by atoms with E-state index in [-0.39, 0.29) is 0 Å². The van der Waals surface area contributed by atoms with Crippen LogP contribution in [0.25, 0.3) is 10.2 Å². The summed E-state index contributed by atoms with van der Waals surface area (Å²) in [7, 11) is 0. The van der Waals surface area contributed by atoms with Gasteiger partial charge in [0.25, 0.3) is 0 Å². The molecule has 0 N–H and O–H groups in total. The number of anilines is 1. The van der Waals surface area contributed by atoms with E-state index in [1.807, 2.05) is 11.3 Å². The van der Waals surface area contributed by atoms with Crippen LogP contribution in [0.4, 0.5) is 5.82 Å². The number of rotatable bonds is 4. The number of aromatic nitrogens is 2. The zero-order chi connectivity index (χ0) is 19.3. The summed E-state index contributed by atoms with van der Waals surface area (Å²) in [6.07, 6.45) is 4.08. The van der Waals surface area contributed by atoms with Crippen molar-refractivity contribution in [3.8, 4) is 0 Å². The summed E-state index contributed by atoms with van der Waals surface area (Å²) >= 11 is 1.81. The molecule has 2 aliphatic heterocycles. The second-order valence-corrected chi connectivity index (χ2v) is 9.84. The van der Waals surface area contributed by atoms with Crippen LogP contribution in [0.15, 0.2) is 30.6 Å². The molecule has 0 saturated carbocycles. The smallest absolute Gasteiger partial charge is 0.140 e. The van der Waals surface area contributed by atoms with E-state index in [4.69, 9.17) is 0 Å². The molecule has 3 aromatic rings. The fraction of sp³-hybridized carbons (Fsp3) is 0.478. The van der Waals surface area contributed by atoms with Gasteiger partial charge in [-0.3, -0.25) is 4.90 Å². The number of thiophene rings is 1. The summed E-state index contributed by atoms with van der Waals surface area (Å²) in [6.45, 7) is 12.3. The molecule has 0 amide bonds. The fourth-order valence-corrected chi connectivity index (χ4v) is 5.90. The minimum absolute atomic E-state index is 0.444. The van der Waals surface area contributed by atoms with Gasteiger partial charge in [-0.1, -0.05) is 30.7 Å². The maximum atomic E-state index is 4.67. The zero-order valence-electron chi connectivity index (χ0n) is 17.0. The van der Waals surface area contributed by atoms with Crippen molar-refractivity contribution in [2.24, 2.45) is 5.41 Å². The average molecular weight is 393 g/mol. The Labute approximate surface area is 171 Å². The summed E-state index contributed by atoms with van der Waals surface area (Å²) in [5.74, 6) is 1.14. The van der Waals surface area contributed by atoms with E-state index in [9.17, 15) is 0 Å². The zero-order valence-corrected chi connectivity index (χ0v) is 17.9. The van der Waals surface area contributed by atoms with Crippen LogP contribution in [0.2, 0.25) is 0 Å². The molecule has 2 aromatic heterocycles. The molecule has 0 atom stereocenters. The molecule has 2 fully saturated rings. The van der Waals surface area contributed by atoms with Crippen LogP contribution in [0.1, 0.15) is 34.9 Å². The van der Waals surface area contributed by atoms with E-state index in [0.29, 0.717) is 5.41 Å². The first kappa shape index (κ1) is 18.1. The Kier molecular flexibility index (Phi) is 4.40. The van der Waals surface area contributed by atoms with Crippen molar-refractivity contribution in [1.29, 1.82) is 0 Å². The van der Waals surface area contributed by atoms with Gasteiger partial charge in [0.15, 0.2) is 0 Å². The van der Waals surface area contributed by atoms with E-state index in [0.717, 1.165) is 36.7 Å². The number of likely N-dealkylation sites (tertiary alicyclic amines) is 1. The maximum absolute atomic E-state index is 4.67. The Morgan fingerprint density at radius 1 is 1.11 bits per heavy atom. The van der Waals surface area contributed by atoms with Gasteiger partial charge in [-0.05, 0) is 43.9 Å². The second-order valence-electron chi connectivity index (χ2n) is 8.73. The van der Waals surface area contributed by atoms with Crippen molar-refractivity contribution in [1.82, 2.24) is 14.9 Å². The molecule has 1 aromatic carbocycles. The Hall–Kier alpha value is -1.98. The van der Waals surface area contributed by atoms with Crippen molar-refractivity contribution >= 4 is 27.4 Å². The lowest BCUT2D eigenvalue weighted by molar-refractivity contribution is 0.0115. The Morgan fingerprint density at radius 3 is 2.75 bits per heavy atom. The molecule has 5 heteroatoms. The Bertz CT molecular complexity index is 1020. The molecule has 4 heterocycles. The molecule has 0 aliphatic carbocycles. The molecule has 0 radical (unpaired) electrons. The summed E-state index contributed by atoms with van der Waals surface area (Å²) < 4.78 is 0. The molecular weight excluding hydrogens is 364 g/mol. The number of benzene rings is 1. The highest BCUT2D eigenvalue weighted by molar-refractivity contribution is 7.18. The lowest BCUT2D eigenvalue weighted by Gasteiger charge is -2.48. The third-order valence-corrected chi connectivity index (χ3v) is 7.64. The predicted octanol–water partition coefficient (Wildman–Crippen LogP) is 4.58. The largest absolute Gasteiger partial charge is 0.355 e. The fourth-order valence-electron chi connectivity index (χ4n) is 4.97. The predicted molar refractivity (Wildman–Crippen MR) is 117 cm³/mol. The van der Waals surface area contributed by atoms with Gasteiger partial charge in [-0.15, -0.1) is 11.3 Å². The van der Waals surface area contributed by atoms with E-state index < -0.39 is 0 Å². The van der Waals surface area contributed by atoms with Gasteiger partial charge in [0.1, 0.15) is 17.0 Å². The molecule has 0 unspecified atom stereocenters. The van der Waals surface area contributed by atoms with Gasteiger partial charge in [0.05, 0.1) is 5.39 Å². The molecule has 4 nitrogen and oxygen atoms in total. The Morgan fingerprint density at radius 2 is 1.96 bits per heavy atom. The van der Waals surface area contributed by atoms with Crippen molar-refractivity contribution in [3.05, 3.63) is 52.2 Å². The number of hydrogen-bond acceptors (Lipinski definition) is 5. The lowest BCUT2D eigenvalue weighted by atomic mass is 9.78. The lowest BCUT2D eigenvalue weighted by Crippen LogP contribution is -2.56. The molecule has 1 spiro atoms. The van der Waals surface area contributed by atoms with Crippen molar-refractivity contribution in [3.63, 3.8) is 0 Å². The molecule has 28 heavy (non-hydrogen) atoms. The molecule has 2 saturated heterocycles. The van der Waals surface area contributed by atoms with Crippen LogP contribution < -0.4 is 4.90 Å². The quantitative estimate of drug-likeness (QED) is 0.650. The molecule has 5 rings (SSSR count). The van der Waals surface area contributed by atoms with Crippen molar-refractivity contribution in [2.45, 2.75) is 40.2 Å². The van der Waals surface area contributed by atoms with Gasteiger partial charge in [0, 0.05) is 43.0 Å². The van der Waals surface area contributed by atoms with Crippen LogP contribution in [0, 0.1) is 19.3 Å². The van der Waals surface area contributed by atoms with Gasteiger partial charge in [0.2, 0.25) is 0 Å². The minimum Gasteiger partial charge on any atom is -0.355 e. The van der Waals surface area contributed by atoms with Gasteiger partial charge in [-0.2, -0.15) is 0 Å². The first-order valence-electron chi connectivity index (χ1n) is 10.3. The van der Waals surface area contributed by atoms with E-state index in [1.165, 1.54) is 46.5 Å². The number of hydrogen-bond donors (Lipinski definition) is 0. The molecule has 0 bridgehead atoms. The summed E-state index contributed by atoms with van der Waals surface area (Å²) in [6, 6.07) is 9.14. The minimum atomic E-state index is 0.444. The summed E-state index contributed by atoms with van der Waals surface area (Å²) in [5, 5.41) is 1.24. The normalized spacial score (nSPS) is 18.9. The SMILES string of the molecule is CCc1cc2c(N3CCC4(CN(Cc5ccc(C)cc5C)C4)C3)ncnc2s1. The summed E-state index contributed by atoms with van der Waals surface area (Å²) in [4.78, 5) is 16.8. The van der Waals surface area contributed by atoms with E-state index in [2.05, 4.69) is 64.8 Å². The van der Waals surface area contributed by atoms with Crippen molar-refractivity contribution < 1.29 is 0 Å². The van der Waals surface area contributed by atoms with Crippen LogP contribution in [0.5, 0.6) is 0 Å². The molecular formula is C23H28N4S. The third-order valence-electron chi connectivity index (χ3n) is 6.46. The van der Waals surface area contributed by atoms with Crippen LogP contribution >= 0.6 is 11.3 Å². The second kappa shape index (κ2) is 6.82. The highest BCUT2D eigenvalue weighted by Gasteiger charge is 2.47. The first-order chi connectivity index (χ1) is 13.5. The first-order valence-corrected chi connectivity index (χ1v) is 11.1. The van der Waals surface area contributed by atoms with Gasteiger partial charge >= 0.3 is 0 Å². The Balaban J connectivity index is 1.28. The number of aryl methyl sites for hydroxylation is 3. The summed E-state index contributed by atoms with van der Waals surface area (Å²) in [5.41, 5.74) is 4.68. The highest BCUT2D eigenvalue weighted by atomic mass is 32.1.